The molecule has 0 bridgehead atoms. The van der Waals surface area contributed by atoms with Gasteiger partial charge in [0.15, 0.2) is 0 Å². The van der Waals surface area contributed by atoms with Crippen LogP contribution in [-0.2, 0) is 4.79 Å². The fourth-order valence-electron chi connectivity index (χ4n) is 2.18. The highest BCUT2D eigenvalue weighted by atomic mass is 19.1. The predicted octanol–water partition coefficient (Wildman–Crippen LogP) is 2.69. The molecule has 2 unspecified atom stereocenters. The smallest absolute Gasteiger partial charge is 0.222 e. The fourth-order valence-corrected chi connectivity index (χ4v) is 2.18. The molecule has 0 N–H and O–H groups in total. The second-order valence-corrected chi connectivity index (χ2v) is 4.43. The van der Waals surface area contributed by atoms with Crippen LogP contribution in [0.25, 0.3) is 0 Å². The van der Waals surface area contributed by atoms with Gasteiger partial charge >= 0.3 is 0 Å². The van der Waals surface area contributed by atoms with E-state index in [4.69, 9.17) is 0 Å². The second kappa shape index (κ2) is 4.43. The molecule has 0 heterocycles. The molecular formula is C13H15F2NO. The predicted molar refractivity (Wildman–Crippen MR) is 60.6 cm³/mol. The first kappa shape index (κ1) is 12.0. The summed E-state index contributed by atoms with van der Waals surface area (Å²) < 4.78 is 26.6. The number of hydrogen-bond acceptors (Lipinski definition) is 1. The largest absolute Gasteiger partial charge is 0.342 e. The summed E-state index contributed by atoms with van der Waals surface area (Å²) in [6, 6.07) is 3.49. The van der Waals surface area contributed by atoms with Crippen molar-refractivity contribution in [2.75, 3.05) is 7.05 Å². The van der Waals surface area contributed by atoms with Crippen molar-refractivity contribution in [2.24, 2.45) is 0 Å². The maximum Gasteiger partial charge on any atom is 0.222 e. The number of nitrogens with zero attached hydrogens (tertiary/aromatic N) is 1. The van der Waals surface area contributed by atoms with Crippen LogP contribution >= 0.6 is 0 Å². The number of likely N-dealkylation sites (N-methyl/N-ethyl adjacent to an activating group) is 1. The summed E-state index contributed by atoms with van der Waals surface area (Å²) in [7, 11) is 1.72. The van der Waals surface area contributed by atoms with Crippen LogP contribution in [0.5, 0.6) is 0 Å². The third-order valence-electron chi connectivity index (χ3n) is 3.31. The minimum absolute atomic E-state index is 0.0127. The van der Waals surface area contributed by atoms with Crippen molar-refractivity contribution in [1.82, 2.24) is 4.90 Å². The molecule has 2 atom stereocenters. The first-order valence-corrected chi connectivity index (χ1v) is 5.75. The van der Waals surface area contributed by atoms with E-state index in [0.717, 1.165) is 12.1 Å². The Morgan fingerprint density at radius 3 is 2.82 bits per heavy atom. The summed E-state index contributed by atoms with van der Waals surface area (Å²) in [5.41, 5.74) is 0.380. The van der Waals surface area contributed by atoms with Crippen LogP contribution in [0.4, 0.5) is 8.78 Å². The summed E-state index contributed by atoms with van der Waals surface area (Å²) >= 11 is 0. The fraction of sp³-hybridized carbons (Fsp3) is 0.462. The number of carbonyl (C=O) groups is 1. The van der Waals surface area contributed by atoms with Crippen LogP contribution in [0.2, 0.25) is 0 Å². The quantitative estimate of drug-likeness (QED) is 0.794. The molecule has 17 heavy (non-hydrogen) atoms. The van der Waals surface area contributed by atoms with Crippen molar-refractivity contribution in [3.63, 3.8) is 0 Å². The van der Waals surface area contributed by atoms with Gasteiger partial charge in [-0.3, -0.25) is 4.79 Å². The maximum absolute atomic E-state index is 13.5. The van der Waals surface area contributed by atoms with E-state index in [1.165, 1.54) is 6.07 Å². The highest BCUT2D eigenvalue weighted by molar-refractivity contribution is 5.76. The molecule has 1 fully saturated rings. The topological polar surface area (TPSA) is 20.3 Å². The van der Waals surface area contributed by atoms with Crippen LogP contribution in [0.3, 0.4) is 0 Å². The number of halogens is 2. The third kappa shape index (κ3) is 2.30. The van der Waals surface area contributed by atoms with Gasteiger partial charge in [-0.1, -0.05) is 6.92 Å². The zero-order valence-corrected chi connectivity index (χ0v) is 9.91. The molecule has 1 amide bonds. The highest BCUT2D eigenvalue weighted by Crippen LogP contribution is 2.45. The van der Waals surface area contributed by atoms with Gasteiger partial charge in [-0.05, 0) is 30.2 Å². The average molecular weight is 239 g/mol. The zero-order chi connectivity index (χ0) is 12.6. The van der Waals surface area contributed by atoms with Gasteiger partial charge in [0, 0.05) is 25.4 Å². The van der Waals surface area contributed by atoms with Crippen LogP contribution in [0.15, 0.2) is 18.2 Å². The second-order valence-electron chi connectivity index (χ2n) is 4.43. The van der Waals surface area contributed by atoms with Crippen LogP contribution in [0, 0.1) is 11.6 Å². The number of amides is 1. The van der Waals surface area contributed by atoms with Crippen LogP contribution in [-0.4, -0.2) is 23.9 Å². The van der Waals surface area contributed by atoms with E-state index >= 15 is 0 Å². The number of rotatable bonds is 3. The average Bonchev–Trinajstić information content (AvgIpc) is 3.10. The standard InChI is InChI=1S/C13H15F2NO/c1-3-13(17)16(2)12-7-10(12)9-6-8(14)4-5-11(9)15/h4-6,10,12H,3,7H2,1-2H3. The number of carbonyl (C=O) groups excluding carboxylic acids is 1. The molecule has 1 aromatic carbocycles. The van der Waals surface area contributed by atoms with E-state index in [0.29, 0.717) is 18.4 Å². The van der Waals surface area contributed by atoms with Crippen molar-refractivity contribution in [1.29, 1.82) is 0 Å². The molecule has 0 radical (unpaired) electrons. The summed E-state index contributed by atoms with van der Waals surface area (Å²) in [6.07, 6.45) is 1.15. The Morgan fingerprint density at radius 2 is 2.18 bits per heavy atom. The Hall–Kier alpha value is -1.45. The third-order valence-corrected chi connectivity index (χ3v) is 3.31. The van der Waals surface area contributed by atoms with Crippen LogP contribution in [0.1, 0.15) is 31.2 Å². The summed E-state index contributed by atoms with van der Waals surface area (Å²) in [5, 5.41) is 0. The molecule has 0 spiro atoms. The minimum Gasteiger partial charge on any atom is -0.342 e. The van der Waals surface area contributed by atoms with E-state index in [1.54, 1.807) is 18.9 Å². The Balaban J connectivity index is 2.12. The molecule has 1 saturated carbocycles. The zero-order valence-electron chi connectivity index (χ0n) is 9.91. The lowest BCUT2D eigenvalue weighted by atomic mass is 10.1. The van der Waals surface area contributed by atoms with Gasteiger partial charge < -0.3 is 4.90 Å². The van der Waals surface area contributed by atoms with Gasteiger partial charge in [0.25, 0.3) is 0 Å². The molecular weight excluding hydrogens is 224 g/mol. The van der Waals surface area contributed by atoms with E-state index in [1.807, 2.05) is 0 Å². The normalized spacial score (nSPS) is 22.4. The van der Waals surface area contributed by atoms with Crippen molar-refractivity contribution < 1.29 is 13.6 Å². The lowest BCUT2D eigenvalue weighted by Crippen LogP contribution is -2.28. The molecule has 0 aromatic heterocycles. The van der Waals surface area contributed by atoms with Gasteiger partial charge in [0.2, 0.25) is 5.91 Å². The lowest BCUT2D eigenvalue weighted by Gasteiger charge is -2.16. The van der Waals surface area contributed by atoms with E-state index in [2.05, 4.69) is 0 Å². The van der Waals surface area contributed by atoms with Crippen molar-refractivity contribution in [3.05, 3.63) is 35.4 Å². The summed E-state index contributed by atoms with van der Waals surface area (Å²) in [5.74, 6) is -0.853. The Morgan fingerprint density at radius 1 is 1.47 bits per heavy atom. The Kier molecular flexibility index (Phi) is 3.13. The van der Waals surface area contributed by atoms with Crippen LogP contribution < -0.4 is 0 Å². The van der Waals surface area contributed by atoms with Crippen molar-refractivity contribution in [3.8, 4) is 0 Å². The van der Waals surface area contributed by atoms with E-state index < -0.39 is 11.6 Å². The molecule has 1 aliphatic carbocycles. The Bertz CT molecular complexity index is 447. The van der Waals surface area contributed by atoms with Crippen molar-refractivity contribution in [2.45, 2.75) is 31.7 Å². The molecule has 0 aliphatic heterocycles. The molecule has 92 valence electrons. The molecule has 2 nitrogen and oxygen atoms in total. The van der Waals surface area contributed by atoms with E-state index in [-0.39, 0.29) is 17.9 Å². The minimum atomic E-state index is -0.434. The number of benzene rings is 1. The van der Waals surface area contributed by atoms with Gasteiger partial charge in [-0.25, -0.2) is 8.78 Å². The monoisotopic (exact) mass is 239 g/mol. The Labute approximate surface area is 99.2 Å². The number of hydrogen-bond donors (Lipinski definition) is 0. The van der Waals surface area contributed by atoms with Crippen molar-refractivity contribution >= 4 is 5.91 Å². The molecule has 1 aliphatic rings. The highest BCUT2D eigenvalue weighted by Gasteiger charge is 2.44. The lowest BCUT2D eigenvalue weighted by molar-refractivity contribution is -0.130. The summed E-state index contributed by atoms with van der Waals surface area (Å²) in [4.78, 5) is 13.1. The van der Waals surface area contributed by atoms with Gasteiger partial charge in [0.05, 0.1) is 0 Å². The molecule has 4 heteroatoms. The van der Waals surface area contributed by atoms with E-state index in [9.17, 15) is 13.6 Å². The molecule has 1 aromatic rings. The van der Waals surface area contributed by atoms with Gasteiger partial charge in [-0.15, -0.1) is 0 Å². The maximum atomic E-state index is 13.5. The van der Waals surface area contributed by atoms with Gasteiger partial charge in [-0.2, -0.15) is 0 Å². The summed E-state index contributed by atoms with van der Waals surface area (Å²) in [6.45, 7) is 1.79. The first-order valence-electron chi connectivity index (χ1n) is 5.75. The molecule has 2 rings (SSSR count). The SMILES string of the molecule is CCC(=O)N(C)C1CC1c1cc(F)ccc1F. The molecule has 0 saturated heterocycles. The van der Waals surface area contributed by atoms with Gasteiger partial charge in [0.1, 0.15) is 11.6 Å². The first-order chi connectivity index (χ1) is 8.04.